The van der Waals surface area contributed by atoms with Crippen molar-refractivity contribution in [2.75, 3.05) is 5.32 Å². The molecule has 2 rings (SSSR count). The second kappa shape index (κ2) is 5.89. The van der Waals surface area contributed by atoms with E-state index < -0.39 is 0 Å². The van der Waals surface area contributed by atoms with Gasteiger partial charge in [0.2, 0.25) is 5.91 Å². The number of nitrogens with two attached hydrogens (primary N) is 1. The number of rotatable bonds is 4. The van der Waals surface area contributed by atoms with Crippen LogP contribution in [0.15, 0.2) is 28.9 Å². The number of nitrogens with one attached hydrogen (secondary N) is 1. The second-order valence-electron chi connectivity index (χ2n) is 3.79. The van der Waals surface area contributed by atoms with Gasteiger partial charge < -0.3 is 11.1 Å². The summed E-state index contributed by atoms with van der Waals surface area (Å²) in [5, 5.41) is 10.2. The van der Waals surface area contributed by atoms with Crippen LogP contribution in [0, 0.1) is 5.82 Å². The summed E-state index contributed by atoms with van der Waals surface area (Å²) >= 11 is 3.05. The van der Waals surface area contributed by atoms with Gasteiger partial charge in [0, 0.05) is 12.2 Å². The second-order valence-corrected chi connectivity index (χ2v) is 4.64. The van der Waals surface area contributed by atoms with Crippen LogP contribution >= 0.6 is 15.9 Å². The maximum Gasteiger partial charge on any atom is 0.246 e. The lowest BCUT2D eigenvalue weighted by atomic mass is 10.3. The fourth-order valence-electron chi connectivity index (χ4n) is 1.43. The molecule has 1 amide bonds. The monoisotopic (exact) mass is 327 g/mol. The van der Waals surface area contributed by atoms with Crippen LogP contribution in [0.4, 0.5) is 10.1 Å². The summed E-state index contributed by atoms with van der Waals surface area (Å²) in [6.07, 6.45) is 1.60. The molecule has 0 unspecified atom stereocenters. The highest BCUT2D eigenvalue weighted by Gasteiger charge is 2.07. The quantitative estimate of drug-likeness (QED) is 0.885. The van der Waals surface area contributed by atoms with Gasteiger partial charge in [0.15, 0.2) is 0 Å². The largest absolute Gasteiger partial charge is 0.325 e. The zero-order valence-electron chi connectivity index (χ0n) is 9.81. The predicted molar refractivity (Wildman–Crippen MR) is 70.6 cm³/mol. The molecule has 0 aliphatic heterocycles. The third-order valence-electron chi connectivity index (χ3n) is 2.30. The first-order valence-electron chi connectivity index (χ1n) is 5.42. The first-order chi connectivity index (χ1) is 9.08. The van der Waals surface area contributed by atoms with Crippen LogP contribution in [0.25, 0.3) is 0 Å². The smallest absolute Gasteiger partial charge is 0.246 e. The normalized spacial score (nSPS) is 10.5. The fourth-order valence-corrected chi connectivity index (χ4v) is 1.81. The van der Waals surface area contributed by atoms with Crippen molar-refractivity contribution in [2.24, 2.45) is 5.73 Å². The molecule has 0 aliphatic rings. The minimum absolute atomic E-state index is 0.0159. The molecule has 2 aromatic rings. The number of carbonyl (C=O) groups is 1. The number of nitrogens with zero attached hydrogens (tertiary/aromatic N) is 3. The van der Waals surface area contributed by atoms with Gasteiger partial charge in [-0.3, -0.25) is 4.79 Å². The maximum absolute atomic E-state index is 13.0. The minimum atomic E-state index is -0.387. The molecule has 0 bridgehead atoms. The molecular weight excluding hydrogens is 317 g/mol. The maximum atomic E-state index is 13.0. The molecule has 0 spiro atoms. The van der Waals surface area contributed by atoms with Gasteiger partial charge in [-0.2, -0.15) is 0 Å². The van der Waals surface area contributed by atoms with Gasteiger partial charge in [0.1, 0.15) is 12.4 Å². The summed E-state index contributed by atoms with van der Waals surface area (Å²) in [5.74, 6) is -0.672. The number of halogens is 2. The average Bonchev–Trinajstić information content (AvgIpc) is 2.81. The summed E-state index contributed by atoms with van der Waals surface area (Å²) < 4.78 is 14.7. The first-order valence-corrected chi connectivity index (χ1v) is 6.22. The molecule has 1 aromatic heterocycles. The SMILES string of the molecule is NCc1cn(CC(=O)Nc2ccc(F)c(Br)c2)nn1. The summed E-state index contributed by atoms with van der Waals surface area (Å²) in [6, 6.07) is 4.23. The fraction of sp³-hybridized carbons (Fsp3) is 0.182. The lowest BCUT2D eigenvalue weighted by molar-refractivity contribution is -0.116. The standard InChI is InChI=1S/C11H11BrFN5O/c12-9-3-7(1-2-10(9)13)15-11(19)6-18-5-8(4-14)16-17-18/h1-3,5H,4,6,14H2,(H,15,19). The zero-order valence-corrected chi connectivity index (χ0v) is 11.4. The van der Waals surface area contributed by atoms with E-state index in [1.54, 1.807) is 6.20 Å². The number of aromatic nitrogens is 3. The molecule has 0 radical (unpaired) electrons. The van der Waals surface area contributed by atoms with Crippen LogP contribution in [0.3, 0.4) is 0 Å². The molecule has 0 fully saturated rings. The highest BCUT2D eigenvalue weighted by molar-refractivity contribution is 9.10. The van der Waals surface area contributed by atoms with Crippen molar-refractivity contribution < 1.29 is 9.18 Å². The van der Waals surface area contributed by atoms with E-state index in [0.29, 0.717) is 11.4 Å². The Bertz CT molecular complexity index is 601. The highest BCUT2D eigenvalue weighted by Crippen LogP contribution is 2.19. The number of amides is 1. The molecule has 1 aromatic carbocycles. The van der Waals surface area contributed by atoms with Crippen LogP contribution in [0.5, 0.6) is 0 Å². The molecule has 0 aliphatic carbocycles. The Labute approximate surface area is 116 Å². The van der Waals surface area contributed by atoms with Crippen LogP contribution in [0.2, 0.25) is 0 Å². The van der Waals surface area contributed by atoms with Crippen molar-refractivity contribution in [3.8, 4) is 0 Å². The number of anilines is 1. The molecular formula is C11H11BrFN5O. The highest BCUT2D eigenvalue weighted by atomic mass is 79.9. The van der Waals surface area contributed by atoms with Crippen LogP contribution in [-0.2, 0) is 17.9 Å². The van der Waals surface area contributed by atoms with Crippen LogP contribution < -0.4 is 11.1 Å². The Kier molecular flexibility index (Phi) is 4.23. The Morgan fingerprint density at radius 2 is 2.32 bits per heavy atom. The molecule has 0 saturated carbocycles. The Balaban J connectivity index is 1.98. The van der Waals surface area contributed by atoms with E-state index in [1.807, 2.05) is 0 Å². The topological polar surface area (TPSA) is 85.8 Å². The Morgan fingerprint density at radius 3 is 2.95 bits per heavy atom. The minimum Gasteiger partial charge on any atom is -0.325 e. The van der Waals surface area contributed by atoms with Crippen LogP contribution in [0.1, 0.15) is 5.69 Å². The molecule has 0 saturated heterocycles. The van der Waals surface area contributed by atoms with Gasteiger partial charge in [0.25, 0.3) is 0 Å². The molecule has 0 atom stereocenters. The van der Waals surface area contributed by atoms with Gasteiger partial charge in [0.05, 0.1) is 16.4 Å². The van der Waals surface area contributed by atoms with E-state index in [0.717, 1.165) is 0 Å². The van der Waals surface area contributed by atoms with Crippen molar-refractivity contribution in [3.63, 3.8) is 0 Å². The lowest BCUT2D eigenvalue weighted by Gasteiger charge is -2.05. The third-order valence-corrected chi connectivity index (χ3v) is 2.91. The van der Waals surface area contributed by atoms with Crippen molar-refractivity contribution >= 4 is 27.5 Å². The van der Waals surface area contributed by atoms with Gasteiger partial charge >= 0.3 is 0 Å². The third kappa shape index (κ3) is 3.58. The summed E-state index contributed by atoms with van der Waals surface area (Å²) in [5.41, 5.74) is 6.50. The molecule has 3 N–H and O–H groups in total. The number of hydrogen-bond acceptors (Lipinski definition) is 4. The molecule has 6 nitrogen and oxygen atoms in total. The lowest BCUT2D eigenvalue weighted by Crippen LogP contribution is -2.19. The van der Waals surface area contributed by atoms with Gasteiger partial charge in [-0.1, -0.05) is 5.21 Å². The van der Waals surface area contributed by atoms with Crippen molar-refractivity contribution in [1.29, 1.82) is 0 Å². The zero-order chi connectivity index (χ0) is 13.8. The predicted octanol–water partition coefficient (Wildman–Crippen LogP) is 1.28. The molecule has 19 heavy (non-hydrogen) atoms. The molecule has 1 heterocycles. The Hall–Kier alpha value is -1.80. The summed E-state index contributed by atoms with van der Waals surface area (Å²) in [6.45, 7) is 0.286. The number of carbonyl (C=O) groups excluding carboxylic acids is 1. The van der Waals surface area contributed by atoms with Gasteiger partial charge in [-0.25, -0.2) is 9.07 Å². The average molecular weight is 328 g/mol. The van der Waals surface area contributed by atoms with E-state index in [2.05, 4.69) is 31.6 Å². The number of hydrogen-bond donors (Lipinski definition) is 2. The molecule has 8 heteroatoms. The van der Waals surface area contributed by atoms with Crippen molar-refractivity contribution in [1.82, 2.24) is 15.0 Å². The van der Waals surface area contributed by atoms with Crippen molar-refractivity contribution in [3.05, 3.63) is 40.4 Å². The molecule has 100 valence electrons. The van der Waals surface area contributed by atoms with Crippen molar-refractivity contribution in [2.45, 2.75) is 13.1 Å². The summed E-state index contributed by atoms with van der Waals surface area (Å²) in [4.78, 5) is 11.7. The summed E-state index contributed by atoms with van der Waals surface area (Å²) in [7, 11) is 0. The van der Waals surface area contributed by atoms with Crippen LogP contribution in [-0.4, -0.2) is 20.9 Å². The Morgan fingerprint density at radius 1 is 1.53 bits per heavy atom. The van der Waals surface area contributed by atoms with E-state index in [1.165, 1.54) is 22.9 Å². The number of benzene rings is 1. The van der Waals surface area contributed by atoms with E-state index in [-0.39, 0.29) is 29.3 Å². The van der Waals surface area contributed by atoms with Gasteiger partial charge in [-0.05, 0) is 34.1 Å². The van der Waals surface area contributed by atoms with E-state index in [4.69, 9.17) is 5.73 Å². The van der Waals surface area contributed by atoms with E-state index in [9.17, 15) is 9.18 Å². The first kappa shape index (κ1) is 13.6. The van der Waals surface area contributed by atoms with Gasteiger partial charge in [-0.15, -0.1) is 5.10 Å². The van der Waals surface area contributed by atoms with E-state index >= 15 is 0 Å².